The third-order valence-electron chi connectivity index (χ3n) is 3.44. The highest BCUT2D eigenvalue weighted by atomic mass is 16.5. The normalized spacial score (nSPS) is 24.5. The largest absolute Gasteiger partial charge is 0.496 e. The molecule has 2 nitrogen and oxygen atoms in total. The van der Waals surface area contributed by atoms with E-state index in [4.69, 9.17) is 9.47 Å². The summed E-state index contributed by atoms with van der Waals surface area (Å²) in [6.07, 6.45) is 11.8. The van der Waals surface area contributed by atoms with E-state index in [0.29, 0.717) is 0 Å². The zero-order chi connectivity index (χ0) is 12.3. The van der Waals surface area contributed by atoms with Crippen molar-refractivity contribution in [1.29, 1.82) is 0 Å². The predicted molar refractivity (Wildman–Crippen MR) is 69.7 cm³/mol. The van der Waals surface area contributed by atoms with Crippen molar-refractivity contribution in [3.8, 4) is 0 Å². The second kappa shape index (κ2) is 5.37. The minimum atomic E-state index is 0.131. The van der Waals surface area contributed by atoms with Crippen molar-refractivity contribution in [3.63, 3.8) is 0 Å². The summed E-state index contributed by atoms with van der Waals surface area (Å²) in [6, 6.07) is 0. The second-order valence-corrected chi connectivity index (χ2v) is 4.45. The first-order valence-electron chi connectivity index (χ1n) is 6.12. The molecule has 0 heterocycles. The number of hydrogen-bond donors (Lipinski definition) is 0. The predicted octanol–water partition coefficient (Wildman–Crippen LogP) is 3.53. The SMILES string of the molecule is COC1=C(C2=C(C)C=CCC2)C(OC)CC=C1. The fourth-order valence-corrected chi connectivity index (χ4v) is 2.53. The van der Waals surface area contributed by atoms with Gasteiger partial charge in [-0.3, -0.25) is 0 Å². The average Bonchev–Trinajstić information content (AvgIpc) is 2.38. The molecular weight excluding hydrogens is 212 g/mol. The van der Waals surface area contributed by atoms with E-state index >= 15 is 0 Å². The van der Waals surface area contributed by atoms with Crippen molar-refractivity contribution in [2.24, 2.45) is 0 Å². The summed E-state index contributed by atoms with van der Waals surface area (Å²) in [4.78, 5) is 0. The lowest BCUT2D eigenvalue weighted by molar-refractivity contribution is 0.127. The van der Waals surface area contributed by atoms with E-state index in [0.717, 1.165) is 25.0 Å². The highest BCUT2D eigenvalue weighted by Crippen LogP contribution is 2.34. The Kier molecular flexibility index (Phi) is 3.85. The van der Waals surface area contributed by atoms with E-state index in [-0.39, 0.29) is 6.10 Å². The molecule has 1 atom stereocenters. The first-order chi connectivity index (χ1) is 8.27. The molecule has 0 aromatic carbocycles. The molecule has 2 heteroatoms. The van der Waals surface area contributed by atoms with Gasteiger partial charge in [0.2, 0.25) is 0 Å². The van der Waals surface area contributed by atoms with Gasteiger partial charge in [-0.25, -0.2) is 0 Å². The highest BCUT2D eigenvalue weighted by Gasteiger charge is 2.25. The summed E-state index contributed by atoms with van der Waals surface area (Å²) in [5, 5.41) is 0. The molecule has 0 aromatic heterocycles. The molecular formula is C15H20O2. The molecule has 0 bridgehead atoms. The lowest BCUT2D eigenvalue weighted by Gasteiger charge is -2.27. The molecule has 2 rings (SSSR count). The summed E-state index contributed by atoms with van der Waals surface area (Å²) in [5.41, 5.74) is 3.96. The van der Waals surface area contributed by atoms with Gasteiger partial charge >= 0.3 is 0 Å². The molecule has 0 spiro atoms. The van der Waals surface area contributed by atoms with Crippen LogP contribution >= 0.6 is 0 Å². The smallest absolute Gasteiger partial charge is 0.124 e. The van der Waals surface area contributed by atoms with E-state index in [2.05, 4.69) is 31.2 Å². The summed E-state index contributed by atoms with van der Waals surface area (Å²) in [6.45, 7) is 2.16. The number of allylic oxidation sites excluding steroid dienone is 4. The third kappa shape index (κ3) is 2.37. The molecule has 0 fully saturated rings. The first kappa shape index (κ1) is 12.2. The van der Waals surface area contributed by atoms with Crippen LogP contribution in [-0.4, -0.2) is 20.3 Å². The van der Waals surface area contributed by atoms with Crippen LogP contribution in [0.3, 0.4) is 0 Å². The van der Waals surface area contributed by atoms with Crippen molar-refractivity contribution >= 4 is 0 Å². The zero-order valence-electron chi connectivity index (χ0n) is 10.8. The van der Waals surface area contributed by atoms with Gasteiger partial charge in [-0.15, -0.1) is 0 Å². The molecule has 0 radical (unpaired) electrons. The van der Waals surface area contributed by atoms with Gasteiger partial charge in [0.25, 0.3) is 0 Å². The van der Waals surface area contributed by atoms with Gasteiger partial charge in [0.05, 0.1) is 13.2 Å². The Balaban J connectivity index is 2.47. The molecule has 2 aliphatic rings. The van der Waals surface area contributed by atoms with Crippen molar-refractivity contribution in [1.82, 2.24) is 0 Å². The topological polar surface area (TPSA) is 18.5 Å². The van der Waals surface area contributed by atoms with Gasteiger partial charge in [-0.05, 0) is 43.4 Å². The Labute approximate surface area is 103 Å². The summed E-state index contributed by atoms with van der Waals surface area (Å²) < 4.78 is 11.1. The van der Waals surface area contributed by atoms with E-state index in [1.54, 1.807) is 14.2 Å². The number of rotatable bonds is 3. The van der Waals surface area contributed by atoms with Crippen LogP contribution in [0.2, 0.25) is 0 Å². The van der Waals surface area contributed by atoms with Gasteiger partial charge in [-0.1, -0.05) is 18.2 Å². The molecule has 2 aliphatic carbocycles. The van der Waals surface area contributed by atoms with Crippen molar-refractivity contribution < 1.29 is 9.47 Å². The van der Waals surface area contributed by atoms with Crippen LogP contribution in [0.15, 0.2) is 46.8 Å². The molecule has 0 saturated heterocycles. The molecule has 0 aromatic rings. The average molecular weight is 232 g/mol. The van der Waals surface area contributed by atoms with Gasteiger partial charge in [-0.2, -0.15) is 0 Å². The van der Waals surface area contributed by atoms with Crippen molar-refractivity contribution in [3.05, 3.63) is 46.8 Å². The van der Waals surface area contributed by atoms with Crippen molar-refractivity contribution in [2.75, 3.05) is 14.2 Å². The van der Waals surface area contributed by atoms with Gasteiger partial charge in [0.1, 0.15) is 5.76 Å². The Morgan fingerprint density at radius 1 is 1.18 bits per heavy atom. The lowest BCUT2D eigenvalue weighted by Crippen LogP contribution is -2.20. The highest BCUT2D eigenvalue weighted by molar-refractivity contribution is 5.48. The summed E-state index contributed by atoms with van der Waals surface area (Å²) >= 11 is 0. The molecule has 92 valence electrons. The quantitative estimate of drug-likeness (QED) is 0.741. The maximum absolute atomic E-state index is 5.59. The summed E-state index contributed by atoms with van der Waals surface area (Å²) in [7, 11) is 3.50. The lowest BCUT2D eigenvalue weighted by atomic mass is 9.85. The number of hydrogen-bond acceptors (Lipinski definition) is 2. The van der Waals surface area contributed by atoms with Crippen LogP contribution in [0.4, 0.5) is 0 Å². The number of methoxy groups -OCH3 is 2. The standard InChI is InChI=1S/C15H20O2/c1-11-7-4-5-8-12(11)15-13(16-2)9-6-10-14(15)17-3/h4,6-7,9,14H,5,8,10H2,1-3H3. The van der Waals surface area contributed by atoms with Crippen LogP contribution in [0.1, 0.15) is 26.2 Å². The maximum Gasteiger partial charge on any atom is 0.124 e. The molecule has 0 amide bonds. The van der Waals surface area contributed by atoms with E-state index in [9.17, 15) is 0 Å². The summed E-state index contributed by atoms with van der Waals surface area (Å²) in [5.74, 6) is 0.952. The Bertz CT molecular complexity index is 411. The van der Waals surface area contributed by atoms with Gasteiger partial charge in [0.15, 0.2) is 0 Å². The Morgan fingerprint density at radius 3 is 2.65 bits per heavy atom. The van der Waals surface area contributed by atoms with Gasteiger partial charge < -0.3 is 9.47 Å². The minimum Gasteiger partial charge on any atom is -0.496 e. The first-order valence-corrected chi connectivity index (χ1v) is 6.12. The van der Waals surface area contributed by atoms with Crippen LogP contribution in [0, 0.1) is 0 Å². The van der Waals surface area contributed by atoms with Crippen LogP contribution in [-0.2, 0) is 9.47 Å². The van der Waals surface area contributed by atoms with Crippen molar-refractivity contribution in [2.45, 2.75) is 32.3 Å². The molecule has 17 heavy (non-hydrogen) atoms. The third-order valence-corrected chi connectivity index (χ3v) is 3.44. The van der Waals surface area contributed by atoms with E-state index < -0.39 is 0 Å². The fraction of sp³-hybridized carbons (Fsp3) is 0.467. The Morgan fingerprint density at radius 2 is 2.00 bits per heavy atom. The molecule has 0 aliphatic heterocycles. The molecule has 0 N–H and O–H groups in total. The van der Waals surface area contributed by atoms with Crippen LogP contribution in [0.25, 0.3) is 0 Å². The maximum atomic E-state index is 5.59. The number of ether oxygens (including phenoxy) is 2. The zero-order valence-corrected chi connectivity index (χ0v) is 10.8. The van der Waals surface area contributed by atoms with E-state index in [1.807, 2.05) is 0 Å². The Hall–Kier alpha value is -1.28. The van der Waals surface area contributed by atoms with Crippen LogP contribution < -0.4 is 0 Å². The van der Waals surface area contributed by atoms with E-state index in [1.165, 1.54) is 16.7 Å². The molecule has 0 saturated carbocycles. The van der Waals surface area contributed by atoms with Gasteiger partial charge in [0, 0.05) is 12.7 Å². The fourth-order valence-electron chi connectivity index (χ4n) is 2.53. The van der Waals surface area contributed by atoms with Crippen LogP contribution in [0.5, 0.6) is 0 Å². The monoisotopic (exact) mass is 232 g/mol. The molecule has 1 unspecified atom stereocenters. The second-order valence-electron chi connectivity index (χ2n) is 4.45. The minimum absolute atomic E-state index is 0.131.